The largest absolute Gasteiger partial charge is 0.465 e. The molecular weight excluding hydrogens is 254 g/mol. The molecule has 0 unspecified atom stereocenters. The summed E-state index contributed by atoms with van der Waals surface area (Å²) in [5.41, 5.74) is 0. The minimum absolute atomic E-state index is 0.183. The molecule has 0 aliphatic carbocycles. The van der Waals surface area contributed by atoms with E-state index in [9.17, 15) is 13.2 Å². The standard InChI is InChI=1S/C12H15NO4S/c1-18(15,16)11-6-7-13(9-11)12(14)5-4-10-3-2-8-17-10/h2-5,8,11H,6-7,9H2,1H3/b5-4+/t11-/m1/s1. The van der Waals surface area contributed by atoms with Crippen LogP contribution in [0.3, 0.4) is 0 Å². The molecule has 1 aliphatic rings. The monoisotopic (exact) mass is 269 g/mol. The third-order valence-corrected chi connectivity index (χ3v) is 4.59. The number of nitrogens with zero attached hydrogens (tertiary/aromatic N) is 1. The third-order valence-electron chi connectivity index (χ3n) is 3.00. The van der Waals surface area contributed by atoms with Crippen LogP contribution in [0, 0.1) is 0 Å². The van der Waals surface area contributed by atoms with E-state index >= 15 is 0 Å². The molecule has 1 aliphatic heterocycles. The van der Waals surface area contributed by atoms with Crippen LogP contribution in [0.25, 0.3) is 6.08 Å². The number of likely N-dealkylation sites (tertiary alicyclic amines) is 1. The van der Waals surface area contributed by atoms with Gasteiger partial charge in [0.15, 0.2) is 9.84 Å². The van der Waals surface area contributed by atoms with Crippen LogP contribution in [0.4, 0.5) is 0 Å². The van der Waals surface area contributed by atoms with Gasteiger partial charge in [0, 0.05) is 25.4 Å². The van der Waals surface area contributed by atoms with Gasteiger partial charge in [-0.15, -0.1) is 0 Å². The Bertz CT molecular complexity index is 545. The van der Waals surface area contributed by atoms with Crippen LogP contribution in [0.1, 0.15) is 12.2 Å². The highest BCUT2D eigenvalue weighted by Crippen LogP contribution is 2.16. The molecule has 1 atom stereocenters. The molecule has 1 aromatic rings. The lowest BCUT2D eigenvalue weighted by atomic mass is 10.3. The van der Waals surface area contributed by atoms with Crippen LogP contribution in [-0.2, 0) is 14.6 Å². The minimum atomic E-state index is -3.06. The maximum Gasteiger partial charge on any atom is 0.246 e. The first kappa shape index (κ1) is 12.9. The number of carbonyl (C=O) groups is 1. The molecule has 0 radical (unpaired) electrons. The summed E-state index contributed by atoms with van der Waals surface area (Å²) >= 11 is 0. The van der Waals surface area contributed by atoms with Crippen LogP contribution in [0.15, 0.2) is 28.9 Å². The summed E-state index contributed by atoms with van der Waals surface area (Å²) in [7, 11) is -3.06. The number of carbonyl (C=O) groups excluding carboxylic acids is 1. The normalized spacial score (nSPS) is 20.7. The van der Waals surface area contributed by atoms with E-state index in [0.717, 1.165) is 0 Å². The summed E-state index contributed by atoms with van der Waals surface area (Å²) in [6, 6.07) is 3.48. The zero-order chi connectivity index (χ0) is 13.2. The van der Waals surface area contributed by atoms with Crippen molar-refractivity contribution >= 4 is 21.8 Å². The SMILES string of the molecule is CS(=O)(=O)[C@@H]1CCN(C(=O)/C=C/c2ccco2)C1. The zero-order valence-electron chi connectivity index (χ0n) is 10.1. The van der Waals surface area contributed by atoms with Crippen LogP contribution in [0.2, 0.25) is 0 Å². The first-order valence-corrected chi connectivity index (χ1v) is 7.61. The van der Waals surface area contributed by atoms with Gasteiger partial charge in [0.25, 0.3) is 0 Å². The first-order chi connectivity index (χ1) is 8.47. The lowest BCUT2D eigenvalue weighted by Gasteiger charge is -2.13. The summed E-state index contributed by atoms with van der Waals surface area (Å²) in [4.78, 5) is 13.4. The number of rotatable bonds is 3. The van der Waals surface area contributed by atoms with Crippen molar-refractivity contribution in [3.8, 4) is 0 Å². The molecule has 1 amide bonds. The van der Waals surface area contributed by atoms with E-state index in [1.807, 2.05) is 0 Å². The molecule has 98 valence electrons. The van der Waals surface area contributed by atoms with Crippen molar-refractivity contribution in [2.75, 3.05) is 19.3 Å². The molecule has 0 bridgehead atoms. The van der Waals surface area contributed by atoms with Gasteiger partial charge in [-0.05, 0) is 24.6 Å². The summed E-state index contributed by atoms with van der Waals surface area (Å²) < 4.78 is 27.8. The van der Waals surface area contributed by atoms with Gasteiger partial charge in [-0.1, -0.05) is 0 Å². The van der Waals surface area contributed by atoms with Gasteiger partial charge in [-0.25, -0.2) is 8.42 Å². The third kappa shape index (κ3) is 3.01. The Morgan fingerprint density at radius 2 is 2.33 bits per heavy atom. The number of hydrogen-bond acceptors (Lipinski definition) is 4. The van der Waals surface area contributed by atoms with Gasteiger partial charge >= 0.3 is 0 Å². The molecular formula is C12H15NO4S. The van der Waals surface area contributed by atoms with Crippen molar-refractivity contribution in [3.05, 3.63) is 30.2 Å². The Balaban J connectivity index is 1.96. The average Bonchev–Trinajstić information content (AvgIpc) is 2.96. The molecule has 0 aromatic carbocycles. The van der Waals surface area contributed by atoms with E-state index in [-0.39, 0.29) is 12.5 Å². The highest BCUT2D eigenvalue weighted by Gasteiger charge is 2.31. The van der Waals surface area contributed by atoms with Gasteiger partial charge in [-0.3, -0.25) is 4.79 Å². The van der Waals surface area contributed by atoms with E-state index in [4.69, 9.17) is 4.42 Å². The number of furan rings is 1. The molecule has 2 heterocycles. The predicted molar refractivity (Wildman–Crippen MR) is 67.6 cm³/mol. The van der Waals surface area contributed by atoms with Crippen LogP contribution in [0.5, 0.6) is 0 Å². The molecule has 1 aromatic heterocycles. The molecule has 0 spiro atoms. The zero-order valence-corrected chi connectivity index (χ0v) is 10.9. The summed E-state index contributed by atoms with van der Waals surface area (Å²) in [6.07, 6.45) is 6.24. The van der Waals surface area contributed by atoms with Crippen molar-refractivity contribution in [2.45, 2.75) is 11.7 Å². The predicted octanol–water partition coefficient (Wildman–Crippen LogP) is 0.938. The Labute approximate surface area is 106 Å². The maximum absolute atomic E-state index is 11.8. The Morgan fingerprint density at radius 1 is 1.56 bits per heavy atom. The fourth-order valence-electron chi connectivity index (χ4n) is 1.92. The molecule has 0 N–H and O–H groups in total. The Kier molecular flexibility index (Phi) is 3.56. The molecule has 18 heavy (non-hydrogen) atoms. The molecule has 5 nitrogen and oxygen atoms in total. The Hall–Kier alpha value is -1.56. The smallest absolute Gasteiger partial charge is 0.246 e. The van der Waals surface area contributed by atoms with Crippen LogP contribution >= 0.6 is 0 Å². The van der Waals surface area contributed by atoms with Crippen molar-refractivity contribution in [2.24, 2.45) is 0 Å². The van der Waals surface area contributed by atoms with Crippen LogP contribution < -0.4 is 0 Å². The fraction of sp³-hybridized carbons (Fsp3) is 0.417. The summed E-state index contributed by atoms with van der Waals surface area (Å²) in [6.45, 7) is 0.763. The Morgan fingerprint density at radius 3 is 2.89 bits per heavy atom. The lowest BCUT2D eigenvalue weighted by molar-refractivity contribution is -0.124. The second kappa shape index (κ2) is 4.97. The van der Waals surface area contributed by atoms with Crippen molar-refractivity contribution in [1.82, 2.24) is 4.90 Å². The summed E-state index contributed by atoms with van der Waals surface area (Å²) in [5.74, 6) is 0.416. The van der Waals surface area contributed by atoms with Gasteiger partial charge in [0.05, 0.1) is 11.5 Å². The first-order valence-electron chi connectivity index (χ1n) is 5.66. The van der Waals surface area contributed by atoms with Crippen molar-refractivity contribution < 1.29 is 17.6 Å². The van der Waals surface area contributed by atoms with E-state index in [2.05, 4.69) is 0 Å². The molecule has 2 rings (SSSR count). The fourth-order valence-corrected chi connectivity index (χ4v) is 2.91. The minimum Gasteiger partial charge on any atom is -0.465 e. The van der Waals surface area contributed by atoms with Gasteiger partial charge in [0.2, 0.25) is 5.91 Å². The number of sulfone groups is 1. The average molecular weight is 269 g/mol. The van der Waals surface area contributed by atoms with E-state index < -0.39 is 15.1 Å². The number of amides is 1. The van der Waals surface area contributed by atoms with E-state index in [1.54, 1.807) is 23.1 Å². The number of hydrogen-bond donors (Lipinski definition) is 0. The highest BCUT2D eigenvalue weighted by molar-refractivity contribution is 7.91. The van der Waals surface area contributed by atoms with Gasteiger partial charge in [0.1, 0.15) is 5.76 Å². The maximum atomic E-state index is 11.8. The van der Waals surface area contributed by atoms with Gasteiger partial charge in [-0.2, -0.15) is 0 Å². The van der Waals surface area contributed by atoms with Gasteiger partial charge < -0.3 is 9.32 Å². The molecule has 6 heteroatoms. The van der Waals surface area contributed by atoms with Crippen molar-refractivity contribution in [1.29, 1.82) is 0 Å². The molecule has 1 fully saturated rings. The van der Waals surface area contributed by atoms with Crippen LogP contribution in [-0.4, -0.2) is 43.8 Å². The van der Waals surface area contributed by atoms with Crippen molar-refractivity contribution in [3.63, 3.8) is 0 Å². The quantitative estimate of drug-likeness (QED) is 0.766. The van der Waals surface area contributed by atoms with E-state index in [1.165, 1.54) is 18.6 Å². The second-order valence-electron chi connectivity index (χ2n) is 4.37. The second-order valence-corrected chi connectivity index (χ2v) is 6.70. The molecule has 0 saturated carbocycles. The lowest BCUT2D eigenvalue weighted by Crippen LogP contribution is -2.30. The highest BCUT2D eigenvalue weighted by atomic mass is 32.2. The van der Waals surface area contributed by atoms with E-state index in [0.29, 0.717) is 18.7 Å². The molecule has 1 saturated heterocycles. The summed E-state index contributed by atoms with van der Waals surface area (Å²) in [5, 5.41) is -0.432. The topological polar surface area (TPSA) is 67.6 Å².